The van der Waals surface area contributed by atoms with Gasteiger partial charge in [-0.25, -0.2) is 0 Å². The molecule has 4 rings (SSSR count). The largest absolute Gasteiger partial charge is 0.492 e. The topological polar surface area (TPSA) is 47.6 Å². The Balaban J connectivity index is 1.88. The summed E-state index contributed by atoms with van der Waals surface area (Å²) < 4.78 is 12.0. The quantitative estimate of drug-likeness (QED) is 0.441. The summed E-state index contributed by atoms with van der Waals surface area (Å²) in [6, 6.07) is 18.4. The smallest absolute Gasteiger partial charge is 0.263 e. The van der Waals surface area contributed by atoms with Crippen LogP contribution >= 0.6 is 24.0 Å². The Morgan fingerprint density at radius 3 is 2.59 bits per heavy atom. The number of nitrogens with one attached hydrogen (secondary N) is 1. The number of benzene rings is 3. The highest BCUT2D eigenvalue weighted by molar-refractivity contribution is 8.26. The third-order valence-corrected chi connectivity index (χ3v) is 5.74. The molecule has 0 saturated carbocycles. The van der Waals surface area contributed by atoms with Gasteiger partial charge in [0.05, 0.1) is 18.6 Å². The van der Waals surface area contributed by atoms with Crippen molar-refractivity contribution in [3.63, 3.8) is 0 Å². The Kier molecular flexibility index (Phi) is 5.56. The van der Waals surface area contributed by atoms with E-state index in [4.69, 9.17) is 21.7 Å². The van der Waals surface area contributed by atoms with Crippen molar-refractivity contribution in [2.24, 2.45) is 0 Å². The molecule has 0 aliphatic carbocycles. The van der Waals surface area contributed by atoms with E-state index in [1.165, 1.54) is 17.1 Å². The molecule has 0 radical (unpaired) electrons. The summed E-state index contributed by atoms with van der Waals surface area (Å²) in [6.45, 7) is 2.44. The summed E-state index contributed by atoms with van der Waals surface area (Å²) in [6.07, 6.45) is 1.83. The number of hydrogen-bond acceptors (Lipinski definition) is 5. The molecule has 0 aromatic heterocycles. The lowest BCUT2D eigenvalue weighted by Gasteiger charge is -2.16. The van der Waals surface area contributed by atoms with Gasteiger partial charge >= 0.3 is 0 Å². The molecule has 3 aromatic rings. The predicted molar refractivity (Wildman–Crippen MR) is 123 cm³/mol. The summed E-state index contributed by atoms with van der Waals surface area (Å²) in [7, 11) is 1.64. The molecule has 1 fully saturated rings. The number of carbonyl (C=O) groups is 1. The van der Waals surface area contributed by atoms with E-state index >= 15 is 0 Å². The van der Waals surface area contributed by atoms with Crippen LogP contribution in [0, 0.1) is 0 Å². The number of methoxy groups -OCH3 is 1. The maximum atomic E-state index is 12.1. The first-order chi connectivity index (χ1) is 14.1. The molecule has 1 N–H and O–H groups in total. The maximum absolute atomic E-state index is 12.1. The zero-order chi connectivity index (χ0) is 20.4. The molecule has 1 saturated heterocycles. The number of thiocarbonyl (C=S) groups is 1. The van der Waals surface area contributed by atoms with E-state index in [9.17, 15) is 4.79 Å². The van der Waals surface area contributed by atoms with Crippen LogP contribution in [0.2, 0.25) is 0 Å². The SMILES string of the molecule is CCOc1cc(/C=C2\SC(=S)NC2=O)cc(-c2ccc3ccccc3c2)c1OC. The highest BCUT2D eigenvalue weighted by Crippen LogP contribution is 2.41. The molecule has 1 aliphatic rings. The number of fused-ring (bicyclic) bond motifs is 1. The van der Waals surface area contributed by atoms with Crippen LogP contribution in [0.5, 0.6) is 11.5 Å². The molecule has 0 spiro atoms. The van der Waals surface area contributed by atoms with E-state index in [1.807, 2.05) is 37.3 Å². The predicted octanol–water partition coefficient (Wildman–Crippen LogP) is 5.40. The highest BCUT2D eigenvalue weighted by Gasteiger charge is 2.23. The first-order valence-electron chi connectivity index (χ1n) is 9.18. The average Bonchev–Trinajstić information content (AvgIpc) is 3.04. The van der Waals surface area contributed by atoms with E-state index in [2.05, 4.69) is 35.6 Å². The fourth-order valence-electron chi connectivity index (χ4n) is 3.32. The van der Waals surface area contributed by atoms with Crippen LogP contribution in [0.3, 0.4) is 0 Å². The monoisotopic (exact) mass is 421 g/mol. The van der Waals surface area contributed by atoms with Gasteiger partial charge in [-0.05, 0) is 53.1 Å². The van der Waals surface area contributed by atoms with Crippen molar-refractivity contribution >= 4 is 51.1 Å². The summed E-state index contributed by atoms with van der Waals surface area (Å²) in [5, 5.41) is 4.96. The Labute approximate surface area is 178 Å². The van der Waals surface area contributed by atoms with Gasteiger partial charge in [0, 0.05) is 5.56 Å². The molecule has 1 heterocycles. The fourth-order valence-corrected chi connectivity index (χ4v) is 4.37. The molecule has 1 aliphatic heterocycles. The maximum Gasteiger partial charge on any atom is 0.263 e. The minimum absolute atomic E-state index is 0.180. The number of hydrogen-bond donors (Lipinski definition) is 1. The molecule has 6 heteroatoms. The molecule has 0 bridgehead atoms. The Bertz CT molecular complexity index is 1150. The number of amides is 1. The second-order valence-corrected chi connectivity index (χ2v) is 8.17. The van der Waals surface area contributed by atoms with Crippen molar-refractivity contribution in [1.82, 2.24) is 5.32 Å². The fraction of sp³-hybridized carbons (Fsp3) is 0.130. The minimum Gasteiger partial charge on any atom is -0.492 e. The Hall–Kier alpha value is -2.83. The number of thioether (sulfide) groups is 1. The van der Waals surface area contributed by atoms with Crippen molar-refractivity contribution in [3.8, 4) is 22.6 Å². The second kappa shape index (κ2) is 8.27. The summed E-state index contributed by atoms with van der Waals surface area (Å²) in [5.41, 5.74) is 2.77. The highest BCUT2D eigenvalue weighted by atomic mass is 32.2. The van der Waals surface area contributed by atoms with Gasteiger partial charge in [-0.3, -0.25) is 4.79 Å². The van der Waals surface area contributed by atoms with Gasteiger partial charge in [0.15, 0.2) is 11.5 Å². The second-order valence-electron chi connectivity index (χ2n) is 6.45. The van der Waals surface area contributed by atoms with Gasteiger partial charge in [0.2, 0.25) is 0 Å². The normalized spacial score (nSPS) is 15.0. The molecular formula is C23H19NO3S2. The number of ether oxygens (including phenoxy) is 2. The Morgan fingerprint density at radius 2 is 1.90 bits per heavy atom. The van der Waals surface area contributed by atoms with Crippen molar-refractivity contribution < 1.29 is 14.3 Å². The van der Waals surface area contributed by atoms with Gasteiger partial charge in [-0.1, -0.05) is 60.4 Å². The van der Waals surface area contributed by atoms with Gasteiger partial charge in [0.25, 0.3) is 5.91 Å². The van der Waals surface area contributed by atoms with Crippen LogP contribution in [-0.2, 0) is 4.79 Å². The van der Waals surface area contributed by atoms with Crippen LogP contribution in [0.25, 0.3) is 28.0 Å². The first-order valence-corrected chi connectivity index (χ1v) is 10.4. The van der Waals surface area contributed by atoms with Crippen molar-refractivity contribution in [2.75, 3.05) is 13.7 Å². The first kappa shape index (κ1) is 19.5. The van der Waals surface area contributed by atoms with Crippen LogP contribution < -0.4 is 14.8 Å². The summed E-state index contributed by atoms with van der Waals surface area (Å²) in [4.78, 5) is 12.6. The van der Waals surface area contributed by atoms with Gasteiger partial charge in [-0.2, -0.15) is 0 Å². The summed E-state index contributed by atoms with van der Waals surface area (Å²) >= 11 is 6.35. The molecule has 29 heavy (non-hydrogen) atoms. The zero-order valence-electron chi connectivity index (χ0n) is 16.0. The lowest BCUT2D eigenvalue weighted by atomic mass is 9.98. The van der Waals surface area contributed by atoms with E-state index in [-0.39, 0.29) is 5.91 Å². The lowest BCUT2D eigenvalue weighted by Crippen LogP contribution is -2.17. The summed E-state index contributed by atoms with van der Waals surface area (Å²) in [5.74, 6) is 1.13. The lowest BCUT2D eigenvalue weighted by molar-refractivity contribution is -0.115. The molecule has 0 unspecified atom stereocenters. The van der Waals surface area contributed by atoms with Gasteiger partial charge in [-0.15, -0.1) is 0 Å². The van der Waals surface area contributed by atoms with Crippen LogP contribution in [0.4, 0.5) is 0 Å². The Morgan fingerprint density at radius 1 is 1.10 bits per heavy atom. The van der Waals surface area contributed by atoms with Crippen molar-refractivity contribution in [3.05, 3.63) is 65.1 Å². The zero-order valence-corrected chi connectivity index (χ0v) is 17.7. The minimum atomic E-state index is -0.180. The standard InChI is InChI=1S/C23H19NO3S2/c1-3-27-19-11-14(12-20-22(25)24-23(28)29-20)10-18(21(19)26-2)17-9-8-15-6-4-5-7-16(15)13-17/h4-13H,3H2,1-2H3,(H,24,25,28)/b20-12-. The van der Waals surface area contributed by atoms with E-state index < -0.39 is 0 Å². The van der Waals surface area contributed by atoms with Crippen LogP contribution in [-0.4, -0.2) is 23.9 Å². The third kappa shape index (κ3) is 3.99. The molecule has 4 nitrogen and oxygen atoms in total. The van der Waals surface area contributed by atoms with Crippen molar-refractivity contribution in [1.29, 1.82) is 0 Å². The van der Waals surface area contributed by atoms with Crippen molar-refractivity contribution in [2.45, 2.75) is 6.92 Å². The van der Waals surface area contributed by atoms with E-state index in [0.717, 1.165) is 22.1 Å². The van der Waals surface area contributed by atoms with E-state index in [1.54, 1.807) is 7.11 Å². The average molecular weight is 422 g/mol. The number of rotatable bonds is 5. The van der Waals surface area contributed by atoms with Crippen LogP contribution in [0.1, 0.15) is 12.5 Å². The molecule has 3 aromatic carbocycles. The van der Waals surface area contributed by atoms with E-state index in [0.29, 0.717) is 27.3 Å². The molecule has 146 valence electrons. The van der Waals surface area contributed by atoms with Gasteiger partial charge in [0.1, 0.15) is 4.32 Å². The molecule has 1 amide bonds. The van der Waals surface area contributed by atoms with Crippen LogP contribution in [0.15, 0.2) is 59.5 Å². The molecule has 0 atom stereocenters. The number of carbonyl (C=O) groups excluding carboxylic acids is 1. The molecular weight excluding hydrogens is 402 g/mol. The van der Waals surface area contributed by atoms with Gasteiger partial charge < -0.3 is 14.8 Å². The third-order valence-electron chi connectivity index (χ3n) is 4.58.